The molecule has 1 fully saturated rings. The van der Waals surface area contributed by atoms with Crippen LogP contribution in [0.15, 0.2) is 6.20 Å². The maximum Gasteiger partial charge on any atom is 0.287 e. The highest BCUT2D eigenvalue weighted by Gasteiger charge is 2.16. The maximum atomic E-state index is 11.3. The molecule has 1 aliphatic rings. The average molecular weight is 282 g/mol. The zero-order chi connectivity index (χ0) is 14.4. The van der Waals surface area contributed by atoms with Gasteiger partial charge in [0.25, 0.3) is 5.91 Å². The van der Waals surface area contributed by atoms with Crippen molar-refractivity contribution in [3.63, 3.8) is 0 Å². The first-order valence-electron chi connectivity index (χ1n) is 6.86. The van der Waals surface area contributed by atoms with Crippen LogP contribution < -0.4 is 11.3 Å². The van der Waals surface area contributed by atoms with Gasteiger partial charge in [-0.1, -0.05) is 5.21 Å². The Hall–Kier alpha value is -1.51. The molecule has 0 saturated carbocycles. The zero-order valence-electron chi connectivity index (χ0n) is 11.8. The van der Waals surface area contributed by atoms with Crippen LogP contribution in [0, 0.1) is 5.92 Å². The van der Waals surface area contributed by atoms with E-state index in [9.17, 15) is 4.79 Å². The summed E-state index contributed by atoms with van der Waals surface area (Å²) < 4.78 is 7.02. The molecular formula is C12H22N6O2. The molecule has 0 radical (unpaired) electrons. The number of nitrogens with two attached hydrogens (primary N) is 1. The van der Waals surface area contributed by atoms with Crippen LogP contribution in [0.1, 0.15) is 23.3 Å². The topological polar surface area (TPSA) is 98.3 Å². The second kappa shape index (κ2) is 7.32. The number of likely N-dealkylation sites (N-methyl/N-ethyl adjacent to an activating group) is 1. The molecular weight excluding hydrogens is 260 g/mol. The summed E-state index contributed by atoms with van der Waals surface area (Å²) in [4.78, 5) is 13.5. The lowest BCUT2D eigenvalue weighted by Gasteiger charge is -2.26. The number of hydrazine groups is 1. The average Bonchev–Trinajstić information content (AvgIpc) is 2.94. The molecule has 1 saturated heterocycles. The summed E-state index contributed by atoms with van der Waals surface area (Å²) in [7, 11) is 2.10. The number of aromatic nitrogens is 3. The van der Waals surface area contributed by atoms with Crippen LogP contribution in [0.25, 0.3) is 0 Å². The fraction of sp³-hybridized carbons (Fsp3) is 0.750. The lowest BCUT2D eigenvalue weighted by Crippen LogP contribution is -2.32. The molecule has 1 aliphatic heterocycles. The van der Waals surface area contributed by atoms with Crippen LogP contribution in [0.3, 0.4) is 0 Å². The molecule has 0 atom stereocenters. The van der Waals surface area contributed by atoms with Gasteiger partial charge in [0.05, 0.1) is 12.7 Å². The molecule has 112 valence electrons. The van der Waals surface area contributed by atoms with E-state index in [-0.39, 0.29) is 5.69 Å². The molecule has 1 aromatic heterocycles. The fourth-order valence-electron chi connectivity index (χ4n) is 2.32. The van der Waals surface area contributed by atoms with Crippen molar-refractivity contribution in [2.45, 2.75) is 19.4 Å². The number of hydrogen-bond acceptors (Lipinski definition) is 6. The van der Waals surface area contributed by atoms with Gasteiger partial charge >= 0.3 is 0 Å². The molecule has 8 heteroatoms. The summed E-state index contributed by atoms with van der Waals surface area (Å²) in [5.74, 6) is 5.33. The minimum absolute atomic E-state index is 0.236. The number of nitrogens with one attached hydrogen (secondary N) is 1. The van der Waals surface area contributed by atoms with Crippen LogP contribution in [0.4, 0.5) is 0 Å². The lowest BCUT2D eigenvalue weighted by molar-refractivity contribution is 0.0553. The number of nitrogens with zero attached hydrogens (tertiary/aromatic N) is 4. The van der Waals surface area contributed by atoms with Crippen LogP contribution in [-0.2, 0) is 11.3 Å². The fourth-order valence-corrected chi connectivity index (χ4v) is 2.32. The van der Waals surface area contributed by atoms with Gasteiger partial charge in [-0.2, -0.15) is 0 Å². The van der Waals surface area contributed by atoms with Crippen molar-refractivity contribution >= 4 is 5.91 Å². The largest absolute Gasteiger partial charge is 0.381 e. The SMILES string of the molecule is CN(CCn1cc(C(=O)NN)nn1)CC1CCOCC1. The molecule has 2 rings (SSSR count). The minimum Gasteiger partial charge on any atom is -0.381 e. The predicted octanol–water partition coefficient (Wildman–Crippen LogP) is -0.760. The highest BCUT2D eigenvalue weighted by molar-refractivity contribution is 5.91. The van der Waals surface area contributed by atoms with Gasteiger partial charge in [0.2, 0.25) is 0 Å². The Morgan fingerprint density at radius 3 is 3.05 bits per heavy atom. The third kappa shape index (κ3) is 4.26. The van der Waals surface area contributed by atoms with E-state index in [1.807, 2.05) is 5.43 Å². The minimum atomic E-state index is -0.424. The summed E-state index contributed by atoms with van der Waals surface area (Å²) in [6, 6.07) is 0. The van der Waals surface area contributed by atoms with Gasteiger partial charge in [-0.05, 0) is 25.8 Å². The molecule has 0 spiro atoms. The van der Waals surface area contributed by atoms with Crippen molar-refractivity contribution in [1.29, 1.82) is 0 Å². The Kier molecular flexibility index (Phi) is 5.45. The zero-order valence-corrected chi connectivity index (χ0v) is 11.8. The van der Waals surface area contributed by atoms with Gasteiger partial charge in [0, 0.05) is 26.3 Å². The molecule has 0 bridgehead atoms. The van der Waals surface area contributed by atoms with E-state index in [2.05, 4.69) is 22.3 Å². The van der Waals surface area contributed by atoms with Crippen LogP contribution in [-0.4, -0.2) is 59.2 Å². The molecule has 0 aromatic carbocycles. The Morgan fingerprint density at radius 2 is 2.35 bits per heavy atom. The number of carbonyl (C=O) groups is 1. The Labute approximate surface area is 118 Å². The van der Waals surface area contributed by atoms with Gasteiger partial charge in [-0.15, -0.1) is 5.10 Å². The van der Waals surface area contributed by atoms with Gasteiger partial charge in [0.15, 0.2) is 5.69 Å². The van der Waals surface area contributed by atoms with Crippen LogP contribution in [0.5, 0.6) is 0 Å². The molecule has 0 aliphatic carbocycles. The van der Waals surface area contributed by atoms with Crippen molar-refractivity contribution in [3.8, 4) is 0 Å². The summed E-state index contributed by atoms with van der Waals surface area (Å²) in [6.07, 6.45) is 3.87. The van der Waals surface area contributed by atoms with Crippen molar-refractivity contribution in [3.05, 3.63) is 11.9 Å². The van der Waals surface area contributed by atoms with E-state index in [1.165, 1.54) is 0 Å². The first kappa shape index (κ1) is 14.9. The van der Waals surface area contributed by atoms with E-state index >= 15 is 0 Å². The number of hydrogen-bond donors (Lipinski definition) is 2. The monoisotopic (exact) mass is 282 g/mol. The molecule has 2 heterocycles. The van der Waals surface area contributed by atoms with E-state index < -0.39 is 5.91 Å². The summed E-state index contributed by atoms with van der Waals surface area (Å²) in [6.45, 7) is 4.38. The first-order valence-corrected chi connectivity index (χ1v) is 6.86. The second-order valence-corrected chi connectivity index (χ2v) is 5.16. The van der Waals surface area contributed by atoms with E-state index in [0.717, 1.165) is 39.1 Å². The first-order chi connectivity index (χ1) is 9.69. The number of nitrogen functional groups attached to an aromatic ring is 1. The Morgan fingerprint density at radius 1 is 1.60 bits per heavy atom. The van der Waals surface area contributed by atoms with Crippen LogP contribution in [0.2, 0.25) is 0 Å². The Bertz CT molecular complexity index is 429. The normalized spacial score (nSPS) is 16.6. The number of rotatable bonds is 6. The Balaban J connectivity index is 1.73. The molecule has 8 nitrogen and oxygen atoms in total. The van der Waals surface area contributed by atoms with E-state index in [1.54, 1.807) is 10.9 Å². The van der Waals surface area contributed by atoms with Crippen molar-refractivity contribution in [1.82, 2.24) is 25.3 Å². The predicted molar refractivity (Wildman–Crippen MR) is 72.7 cm³/mol. The van der Waals surface area contributed by atoms with Gasteiger partial charge in [-0.3, -0.25) is 14.9 Å². The summed E-state index contributed by atoms with van der Waals surface area (Å²) in [5.41, 5.74) is 2.27. The third-order valence-corrected chi connectivity index (χ3v) is 3.52. The highest BCUT2D eigenvalue weighted by Crippen LogP contribution is 2.15. The molecule has 3 N–H and O–H groups in total. The van der Waals surface area contributed by atoms with Crippen molar-refractivity contribution in [2.24, 2.45) is 11.8 Å². The van der Waals surface area contributed by atoms with Crippen LogP contribution >= 0.6 is 0 Å². The highest BCUT2D eigenvalue weighted by atomic mass is 16.5. The lowest BCUT2D eigenvalue weighted by atomic mass is 10.00. The number of amides is 1. The van der Waals surface area contributed by atoms with Gasteiger partial charge < -0.3 is 9.64 Å². The maximum absolute atomic E-state index is 11.3. The summed E-state index contributed by atoms with van der Waals surface area (Å²) in [5, 5.41) is 7.67. The molecule has 1 aromatic rings. The number of ether oxygens (including phenoxy) is 1. The van der Waals surface area contributed by atoms with E-state index in [4.69, 9.17) is 10.6 Å². The summed E-state index contributed by atoms with van der Waals surface area (Å²) >= 11 is 0. The molecule has 20 heavy (non-hydrogen) atoms. The smallest absolute Gasteiger partial charge is 0.287 e. The van der Waals surface area contributed by atoms with Gasteiger partial charge in [-0.25, -0.2) is 5.84 Å². The standard InChI is InChI=1S/C12H22N6O2/c1-17(8-10-2-6-20-7-3-10)4-5-18-9-11(15-16-18)12(19)14-13/h9-10H,2-8,13H2,1H3,(H,14,19). The molecule has 0 unspecified atom stereocenters. The molecule has 1 amide bonds. The van der Waals surface area contributed by atoms with Gasteiger partial charge in [0.1, 0.15) is 0 Å². The number of carbonyl (C=O) groups excluding carboxylic acids is 1. The third-order valence-electron chi connectivity index (χ3n) is 3.52. The van der Waals surface area contributed by atoms with Crippen molar-refractivity contribution < 1.29 is 9.53 Å². The quantitative estimate of drug-likeness (QED) is 0.404. The second-order valence-electron chi connectivity index (χ2n) is 5.16. The van der Waals surface area contributed by atoms with E-state index in [0.29, 0.717) is 12.5 Å². The van der Waals surface area contributed by atoms with Crippen molar-refractivity contribution in [2.75, 3.05) is 33.4 Å².